The van der Waals surface area contributed by atoms with Crippen LogP contribution in [0.25, 0.3) is 55.3 Å². The average Bonchev–Trinajstić information content (AvgIpc) is 3.68. The molecule has 4 saturated heterocycles. The number of phenols is 1. The van der Waals surface area contributed by atoms with Gasteiger partial charge in [-0.05, 0) is 88.0 Å². The van der Waals surface area contributed by atoms with Gasteiger partial charge in [0.25, 0.3) is 0 Å². The number of amides is 2. The van der Waals surface area contributed by atoms with E-state index in [9.17, 15) is 24.9 Å². The minimum atomic E-state index is -0.988. The predicted molar refractivity (Wildman–Crippen MR) is 308 cm³/mol. The van der Waals surface area contributed by atoms with Gasteiger partial charge in [0.2, 0.25) is 11.8 Å². The molecule has 2 bridgehead atoms. The predicted octanol–water partition coefficient (Wildman–Crippen LogP) is 8.18. The molecule has 18 nitrogen and oxygen atoms in total. The smallest absolute Gasteiger partial charge is 0.319 e. The summed E-state index contributed by atoms with van der Waals surface area (Å²) in [5.74, 6) is -0.523. The number of aliphatic hydroxyl groups is 2. The number of piperazine rings is 1. The van der Waals surface area contributed by atoms with Gasteiger partial charge in [0.15, 0.2) is 5.75 Å². The Morgan fingerprint density at radius 1 is 0.939 bits per heavy atom. The van der Waals surface area contributed by atoms with Crippen molar-refractivity contribution in [2.75, 3.05) is 44.4 Å². The number of hydrogen-bond acceptors (Lipinski definition) is 15. The molecular weight excluding hydrogens is 1040 g/mol. The summed E-state index contributed by atoms with van der Waals surface area (Å²) in [6, 6.07) is 27.8. The molecular formula is C63H67FN10O8. The second-order valence-electron chi connectivity index (χ2n) is 22.4. The molecule has 0 unspecified atom stereocenters. The van der Waals surface area contributed by atoms with Crippen LogP contribution in [0.5, 0.6) is 17.5 Å². The van der Waals surface area contributed by atoms with E-state index in [2.05, 4.69) is 25.8 Å². The first-order valence-electron chi connectivity index (χ1n) is 28.4. The van der Waals surface area contributed by atoms with Crippen molar-refractivity contribution >= 4 is 39.3 Å². The van der Waals surface area contributed by atoms with Crippen LogP contribution in [0.1, 0.15) is 80.8 Å². The van der Waals surface area contributed by atoms with Crippen LogP contribution >= 0.6 is 0 Å². The van der Waals surface area contributed by atoms with Crippen molar-refractivity contribution in [3.05, 3.63) is 138 Å². The lowest BCUT2D eigenvalue weighted by molar-refractivity contribution is -0.142. The van der Waals surface area contributed by atoms with E-state index in [1.807, 2.05) is 100 Å². The fourth-order valence-electron chi connectivity index (χ4n) is 12.4. The number of halogens is 1. The highest BCUT2D eigenvalue weighted by molar-refractivity contribution is 6.04. The number of likely N-dealkylation sites (tertiary alicyclic amines) is 1. The molecule has 4 aliphatic rings. The van der Waals surface area contributed by atoms with E-state index in [0.717, 1.165) is 47.3 Å². The molecule has 5 N–H and O–H groups in total. The number of aromatic hydroxyl groups is 1. The highest BCUT2D eigenvalue weighted by Gasteiger charge is 2.44. The number of aliphatic hydroxyl groups excluding tert-OH is 2. The van der Waals surface area contributed by atoms with Crippen LogP contribution in [0, 0.1) is 18.7 Å². The topological polar surface area (TPSA) is 222 Å². The molecule has 6 atom stereocenters. The van der Waals surface area contributed by atoms with E-state index in [0.29, 0.717) is 99.8 Å². The summed E-state index contributed by atoms with van der Waals surface area (Å²) in [6.07, 6.45) is 5.15. The van der Waals surface area contributed by atoms with Crippen LogP contribution in [0.2, 0.25) is 0 Å². The van der Waals surface area contributed by atoms with Crippen LogP contribution in [0.15, 0.2) is 109 Å². The van der Waals surface area contributed by atoms with Crippen LogP contribution in [0.3, 0.4) is 0 Å². The zero-order valence-corrected chi connectivity index (χ0v) is 46.3. The number of anilines is 1. The average molecular weight is 1110 g/mol. The fourth-order valence-corrected chi connectivity index (χ4v) is 12.4. The number of phenolic OH excluding ortho intramolecular Hbond substituents is 1. The Balaban J connectivity index is 0.815. The standard InChI is InChI=1S/C63H67FN10O8/c1-5-47-51(64)19-18-41-24-44(76)26-49(55(41)47)56-59(57-50(29-66-56)60(72-30-42-25-43(72)28-65-42)69-63(68-57)82-46-20-22-80-23-21-46)81-34-37-10-12-39(13-11-37)52-32-74(71-70-52)58(35(2)3)62(79)73-31-45(77)27-54(73)61(78)67-53(33-75)40-16-14-38(15-17-40)48-9-7-6-8-36(48)4/h6-19,24,26,29,32,35,42-43,45-46,53-54,58,65,75-77H,5,20-23,25,27-28,30-31,33-34H2,1-4H3,(H,67,78)/t42-,43-,45+,53-,54-,58-/m0/s1. The highest BCUT2D eigenvalue weighted by atomic mass is 19.1. The van der Waals surface area contributed by atoms with Crippen molar-refractivity contribution in [2.24, 2.45) is 5.92 Å². The number of ether oxygens (including phenoxy) is 3. The lowest BCUT2D eigenvalue weighted by atomic mass is 9.94. The number of nitrogens with zero attached hydrogens (tertiary/aromatic N) is 8. The quantitative estimate of drug-likeness (QED) is 0.0580. The number of carbonyl (C=O) groups is 2. The highest BCUT2D eigenvalue weighted by Crippen LogP contribution is 2.45. The maximum atomic E-state index is 15.7. The molecule has 2 amide bonds. The van der Waals surface area contributed by atoms with Gasteiger partial charge in [-0.3, -0.25) is 14.6 Å². The van der Waals surface area contributed by atoms with E-state index >= 15 is 4.39 Å². The Bertz CT molecular complexity index is 3670. The van der Waals surface area contributed by atoms with Gasteiger partial charge >= 0.3 is 6.01 Å². The molecule has 4 fully saturated rings. The van der Waals surface area contributed by atoms with Crippen molar-refractivity contribution in [3.63, 3.8) is 0 Å². The molecule has 424 valence electrons. The molecule has 0 saturated carbocycles. The Morgan fingerprint density at radius 2 is 1.72 bits per heavy atom. The van der Waals surface area contributed by atoms with Gasteiger partial charge in [0.1, 0.15) is 59.1 Å². The van der Waals surface area contributed by atoms with Crippen LogP contribution in [0.4, 0.5) is 10.2 Å². The number of aryl methyl sites for hydroxylation is 2. The summed E-state index contributed by atoms with van der Waals surface area (Å²) in [5, 5.41) is 50.0. The summed E-state index contributed by atoms with van der Waals surface area (Å²) in [4.78, 5) is 47.6. The van der Waals surface area contributed by atoms with Crippen molar-refractivity contribution in [3.8, 4) is 51.2 Å². The number of fused-ring (bicyclic) bond motifs is 4. The summed E-state index contributed by atoms with van der Waals surface area (Å²) in [7, 11) is 0. The monoisotopic (exact) mass is 1110 g/mol. The van der Waals surface area contributed by atoms with Crippen LogP contribution in [-0.4, -0.2) is 132 Å². The van der Waals surface area contributed by atoms with Gasteiger partial charge in [0.05, 0.1) is 43.5 Å². The van der Waals surface area contributed by atoms with Crippen molar-refractivity contribution in [2.45, 2.75) is 109 Å². The largest absolute Gasteiger partial charge is 0.508 e. The molecule has 0 aliphatic carbocycles. The second kappa shape index (κ2) is 23.0. The maximum absolute atomic E-state index is 15.7. The number of carbonyl (C=O) groups excluding carboxylic acids is 2. The molecule has 0 spiro atoms. The first-order chi connectivity index (χ1) is 39.8. The van der Waals surface area contributed by atoms with E-state index in [4.69, 9.17) is 29.2 Å². The molecule has 82 heavy (non-hydrogen) atoms. The van der Waals surface area contributed by atoms with Crippen molar-refractivity contribution in [1.29, 1.82) is 0 Å². The molecule has 5 aromatic carbocycles. The second-order valence-corrected chi connectivity index (χ2v) is 22.4. The van der Waals surface area contributed by atoms with Gasteiger partial charge < -0.3 is 50.0 Å². The summed E-state index contributed by atoms with van der Waals surface area (Å²) >= 11 is 0. The number of β-amino-alcohol motifs (C(OH)–C–C–N with tert-alkyl or cyclic N) is 1. The van der Waals surface area contributed by atoms with Gasteiger partial charge in [-0.2, -0.15) is 9.97 Å². The Hall–Kier alpha value is -8.10. The Morgan fingerprint density at radius 3 is 2.44 bits per heavy atom. The summed E-state index contributed by atoms with van der Waals surface area (Å²) in [5.41, 5.74) is 7.74. The van der Waals surface area contributed by atoms with Gasteiger partial charge in [0, 0.05) is 68.3 Å². The molecule has 19 heteroatoms. The third kappa shape index (κ3) is 10.7. The number of nitrogens with one attached hydrogen (secondary N) is 2. The van der Waals surface area contributed by atoms with Gasteiger partial charge in [-0.1, -0.05) is 105 Å². The first kappa shape index (κ1) is 54.5. The number of hydrogen-bond donors (Lipinski definition) is 5. The van der Waals surface area contributed by atoms with E-state index in [1.165, 1.54) is 15.6 Å². The van der Waals surface area contributed by atoms with Gasteiger partial charge in [-0.15, -0.1) is 5.10 Å². The van der Waals surface area contributed by atoms with Crippen molar-refractivity contribution < 1.29 is 43.5 Å². The fraction of sp³-hybridized carbons (Fsp3) is 0.381. The Labute approximate surface area is 474 Å². The van der Waals surface area contributed by atoms with Crippen LogP contribution in [-0.2, 0) is 27.4 Å². The van der Waals surface area contributed by atoms with Gasteiger partial charge in [-0.25, -0.2) is 9.07 Å². The summed E-state index contributed by atoms with van der Waals surface area (Å²) < 4.78 is 36.4. The zero-order valence-electron chi connectivity index (χ0n) is 46.3. The molecule has 7 heterocycles. The minimum Gasteiger partial charge on any atom is -0.508 e. The molecule has 8 aromatic rings. The molecule has 12 rings (SSSR count). The minimum absolute atomic E-state index is 0.0145. The normalized spacial score (nSPS) is 19.8. The number of benzene rings is 5. The maximum Gasteiger partial charge on any atom is 0.319 e. The summed E-state index contributed by atoms with van der Waals surface area (Å²) in [6.45, 7) is 10.1. The Kier molecular flexibility index (Phi) is 15.3. The third-order valence-electron chi connectivity index (χ3n) is 16.6. The SMILES string of the molecule is CCc1c(F)ccc2cc(O)cc(-c3ncc4c(N5C[C@@H]6C[C@H]5CN6)nc(OC5CCOCC5)nc4c3OCc3ccc(-c4cn([C@H](C(=O)N5C[C@H](O)C[C@H]5C(=O)N[C@@H](CO)c5ccc(-c6ccccc6C)cc5)C(C)C)nn4)cc3)c12. The van der Waals surface area contributed by atoms with Crippen molar-refractivity contribution in [1.82, 2.24) is 45.5 Å². The third-order valence-corrected chi connectivity index (χ3v) is 16.6. The number of rotatable bonds is 17. The van der Waals surface area contributed by atoms with E-state index in [1.54, 1.807) is 30.6 Å². The van der Waals surface area contributed by atoms with E-state index in [-0.39, 0.29) is 67.7 Å². The molecule has 4 aliphatic heterocycles. The molecule has 0 radical (unpaired) electrons. The molecule has 3 aromatic heterocycles. The number of pyridine rings is 1. The lowest BCUT2D eigenvalue weighted by Gasteiger charge is -2.30. The zero-order chi connectivity index (χ0) is 56.8. The number of aromatic nitrogens is 6. The lowest BCUT2D eigenvalue weighted by Crippen LogP contribution is -2.50. The van der Waals surface area contributed by atoms with E-state index < -0.39 is 30.1 Å². The van der Waals surface area contributed by atoms with Crippen LogP contribution < -0.4 is 25.0 Å². The first-order valence-corrected chi connectivity index (χ1v) is 28.4.